The molecule has 1 aliphatic rings. The van der Waals surface area contributed by atoms with E-state index in [4.69, 9.17) is 5.26 Å². The first-order valence-corrected chi connectivity index (χ1v) is 9.52. The SMILES string of the molecule is CS(=O)(=O)N(CCC(=O)Nc1ccc(C#N)cc1)C1CCCC1. The zero-order valence-corrected chi connectivity index (χ0v) is 14.0. The minimum Gasteiger partial charge on any atom is -0.326 e. The molecule has 0 atom stereocenters. The number of carbonyl (C=O) groups excluding carboxylic acids is 1. The molecule has 1 aromatic carbocycles. The minimum atomic E-state index is -3.31. The molecular formula is C16H21N3O3S. The van der Waals surface area contributed by atoms with Crippen molar-refractivity contribution in [3.63, 3.8) is 0 Å². The molecule has 1 aromatic rings. The first kappa shape index (κ1) is 17.4. The van der Waals surface area contributed by atoms with Gasteiger partial charge in [-0.2, -0.15) is 9.57 Å². The lowest BCUT2D eigenvalue weighted by molar-refractivity contribution is -0.116. The fraction of sp³-hybridized carbons (Fsp3) is 0.500. The Kier molecular flexibility index (Phi) is 5.74. The maximum absolute atomic E-state index is 12.0. The quantitative estimate of drug-likeness (QED) is 0.862. The summed E-state index contributed by atoms with van der Waals surface area (Å²) in [7, 11) is -3.31. The van der Waals surface area contributed by atoms with Crippen LogP contribution in [0.4, 0.5) is 5.69 Å². The third-order valence-electron chi connectivity index (χ3n) is 4.01. The van der Waals surface area contributed by atoms with Gasteiger partial charge in [0.05, 0.1) is 17.9 Å². The van der Waals surface area contributed by atoms with Crippen molar-refractivity contribution in [2.24, 2.45) is 0 Å². The summed E-state index contributed by atoms with van der Waals surface area (Å²) in [6.45, 7) is 0.200. The van der Waals surface area contributed by atoms with Crippen molar-refractivity contribution in [2.75, 3.05) is 18.1 Å². The van der Waals surface area contributed by atoms with Crippen LogP contribution >= 0.6 is 0 Å². The summed E-state index contributed by atoms with van der Waals surface area (Å²) >= 11 is 0. The third kappa shape index (κ3) is 5.05. The Morgan fingerprint density at radius 1 is 1.30 bits per heavy atom. The summed E-state index contributed by atoms with van der Waals surface area (Å²) in [5, 5.41) is 11.5. The summed E-state index contributed by atoms with van der Waals surface area (Å²) in [4.78, 5) is 12.0. The van der Waals surface area contributed by atoms with Crippen LogP contribution in [0.15, 0.2) is 24.3 Å². The first-order valence-electron chi connectivity index (χ1n) is 7.67. The number of carbonyl (C=O) groups is 1. The lowest BCUT2D eigenvalue weighted by Crippen LogP contribution is -2.39. The predicted octanol–water partition coefficient (Wildman–Crippen LogP) is 2.09. The van der Waals surface area contributed by atoms with Gasteiger partial charge in [0.2, 0.25) is 15.9 Å². The van der Waals surface area contributed by atoms with Crippen molar-refractivity contribution in [1.29, 1.82) is 5.26 Å². The highest BCUT2D eigenvalue weighted by atomic mass is 32.2. The Bertz CT molecular complexity index is 686. The van der Waals surface area contributed by atoms with Crippen molar-refractivity contribution < 1.29 is 13.2 Å². The van der Waals surface area contributed by atoms with Crippen molar-refractivity contribution in [2.45, 2.75) is 38.1 Å². The second kappa shape index (κ2) is 7.57. The number of nitrogens with zero attached hydrogens (tertiary/aromatic N) is 2. The lowest BCUT2D eigenvalue weighted by Gasteiger charge is -2.26. The number of nitriles is 1. The molecule has 1 saturated carbocycles. The normalized spacial score (nSPS) is 15.5. The van der Waals surface area contributed by atoms with E-state index in [2.05, 4.69) is 5.32 Å². The topological polar surface area (TPSA) is 90.3 Å². The molecule has 1 N–H and O–H groups in total. The number of benzene rings is 1. The largest absolute Gasteiger partial charge is 0.326 e. The van der Waals surface area contributed by atoms with E-state index in [0.717, 1.165) is 25.7 Å². The van der Waals surface area contributed by atoms with Gasteiger partial charge in [-0.1, -0.05) is 12.8 Å². The number of hydrogen-bond acceptors (Lipinski definition) is 4. The molecule has 0 saturated heterocycles. The van der Waals surface area contributed by atoms with Crippen molar-refractivity contribution in [1.82, 2.24) is 4.31 Å². The van der Waals surface area contributed by atoms with Gasteiger partial charge in [0.1, 0.15) is 0 Å². The molecule has 23 heavy (non-hydrogen) atoms. The van der Waals surface area contributed by atoms with Gasteiger partial charge >= 0.3 is 0 Å². The van der Waals surface area contributed by atoms with Gasteiger partial charge in [-0.3, -0.25) is 4.79 Å². The Hall–Kier alpha value is -1.91. The fourth-order valence-corrected chi connectivity index (χ4v) is 4.05. The van der Waals surface area contributed by atoms with Gasteiger partial charge in [0.25, 0.3) is 0 Å². The average molecular weight is 335 g/mol. The molecule has 0 radical (unpaired) electrons. The van der Waals surface area contributed by atoms with E-state index in [1.54, 1.807) is 24.3 Å². The van der Waals surface area contributed by atoms with Crippen molar-refractivity contribution in [3.8, 4) is 6.07 Å². The zero-order valence-electron chi connectivity index (χ0n) is 13.2. The Balaban J connectivity index is 1.92. The highest BCUT2D eigenvalue weighted by Crippen LogP contribution is 2.25. The summed E-state index contributed by atoms with van der Waals surface area (Å²) in [5.74, 6) is -0.235. The number of amides is 1. The smallest absolute Gasteiger partial charge is 0.225 e. The molecule has 2 rings (SSSR count). The highest BCUT2D eigenvalue weighted by molar-refractivity contribution is 7.88. The molecule has 0 spiro atoms. The van der Waals surface area contributed by atoms with E-state index >= 15 is 0 Å². The Labute approximate surface area is 137 Å². The fourth-order valence-electron chi connectivity index (χ4n) is 2.87. The summed E-state index contributed by atoms with van der Waals surface area (Å²) in [6.07, 6.45) is 5.12. The molecule has 1 fully saturated rings. The number of rotatable bonds is 6. The molecule has 0 heterocycles. The number of hydrogen-bond donors (Lipinski definition) is 1. The molecule has 7 heteroatoms. The van der Waals surface area contributed by atoms with E-state index < -0.39 is 10.0 Å². The molecule has 0 aromatic heterocycles. The summed E-state index contributed by atoms with van der Waals surface area (Å²) in [6, 6.07) is 8.58. The van der Waals surface area contributed by atoms with Gasteiger partial charge in [-0.25, -0.2) is 8.42 Å². The van der Waals surface area contributed by atoms with Crippen LogP contribution in [-0.2, 0) is 14.8 Å². The van der Waals surface area contributed by atoms with Gasteiger partial charge in [-0.15, -0.1) is 0 Å². The molecule has 0 unspecified atom stereocenters. The maximum atomic E-state index is 12.0. The third-order valence-corrected chi connectivity index (χ3v) is 5.35. The van der Waals surface area contributed by atoms with Crippen LogP contribution in [0.2, 0.25) is 0 Å². The van der Waals surface area contributed by atoms with E-state index in [0.29, 0.717) is 11.3 Å². The van der Waals surface area contributed by atoms with E-state index in [1.807, 2.05) is 6.07 Å². The Morgan fingerprint density at radius 2 is 1.91 bits per heavy atom. The van der Waals surface area contributed by atoms with Crippen LogP contribution in [0.3, 0.4) is 0 Å². The van der Waals surface area contributed by atoms with Crippen LogP contribution in [0.5, 0.6) is 0 Å². The van der Waals surface area contributed by atoms with Crippen LogP contribution in [0.1, 0.15) is 37.7 Å². The van der Waals surface area contributed by atoms with Crippen LogP contribution in [-0.4, -0.2) is 37.5 Å². The minimum absolute atomic E-state index is 0.0210. The van der Waals surface area contributed by atoms with Gasteiger partial charge in [0.15, 0.2) is 0 Å². The van der Waals surface area contributed by atoms with Crippen LogP contribution in [0.25, 0.3) is 0 Å². The lowest BCUT2D eigenvalue weighted by atomic mass is 10.2. The Morgan fingerprint density at radius 3 is 2.43 bits per heavy atom. The maximum Gasteiger partial charge on any atom is 0.225 e. The number of anilines is 1. The average Bonchev–Trinajstić information content (AvgIpc) is 3.01. The molecule has 1 amide bonds. The van der Waals surface area contributed by atoms with E-state index in [9.17, 15) is 13.2 Å². The summed E-state index contributed by atoms with van der Waals surface area (Å²) in [5.41, 5.74) is 1.12. The zero-order chi connectivity index (χ0) is 16.9. The van der Waals surface area contributed by atoms with E-state index in [1.165, 1.54) is 10.6 Å². The molecule has 0 aliphatic heterocycles. The second-order valence-electron chi connectivity index (χ2n) is 5.80. The van der Waals surface area contributed by atoms with Gasteiger partial charge < -0.3 is 5.32 Å². The summed E-state index contributed by atoms with van der Waals surface area (Å²) < 4.78 is 25.3. The van der Waals surface area contributed by atoms with Gasteiger partial charge in [0, 0.05) is 24.7 Å². The van der Waals surface area contributed by atoms with Crippen LogP contribution < -0.4 is 5.32 Å². The first-order chi connectivity index (χ1) is 10.9. The van der Waals surface area contributed by atoms with E-state index in [-0.39, 0.29) is 24.9 Å². The molecular weight excluding hydrogens is 314 g/mol. The predicted molar refractivity (Wildman–Crippen MR) is 88.2 cm³/mol. The molecule has 6 nitrogen and oxygen atoms in total. The monoisotopic (exact) mass is 335 g/mol. The van der Waals surface area contributed by atoms with Crippen LogP contribution in [0, 0.1) is 11.3 Å². The molecule has 0 bridgehead atoms. The molecule has 124 valence electrons. The van der Waals surface area contributed by atoms with Crippen molar-refractivity contribution in [3.05, 3.63) is 29.8 Å². The second-order valence-corrected chi connectivity index (χ2v) is 7.73. The number of sulfonamides is 1. The standard InChI is InChI=1S/C16H21N3O3S/c1-23(21,22)19(15-4-2-3-5-15)11-10-16(20)18-14-8-6-13(12-17)7-9-14/h6-9,15H,2-5,10-11H2,1H3,(H,18,20). The molecule has 1 aliphatic carbocycles. The highest BCUT2D eigenvalue weighted by Gasteiger charge is 2.29. The van der Waals surface area contributed by atoms with Gasteiger partial charge in [-0.05, 0) is 37.1 Å². The van der Waals surface area contributed by atoms with Crippen molar-refractivity contribution >= 4 is 21.6 Å². The number of nitrogens with one attached hydrogen (secondary N) is 1.